The van der Waals surface area contributed by atoms with Crippen molar-refractivity contribution in [1.29, 1.82) is 0 Å². The van der Waals surface area contributed by atoms with Gasteiger partial charge in [0.05, 0.1) is 0 Å². The van der Waals surface area contributed by atoms with Crippen molar-refractivity contribution in [3.63, 3.8) is 0 Å². The summed E-state index contributed by atoms with van der Waals surface area (Å²) in [4.78, 5) is 0. The summed E-state index contributed by atoms with van der Waals surface area (Å²) < 4.78 is 5.21. The Morgan fingerprint density at radius 1 is 0.750 bits per heavy atom. The summed E-state index contributed by atoms with van der Waals surface area (Å²) in [6, 6.07) is 0. The van der Waals surface area contributed by atoms with Crippen LogP contribution in [0.5, 0.6) is 0 Å². The van der Waals surface area contributed by atoms with E-state index in [0.29, 0.717) is 10.8 Å². The van der Waals surface area contributed by atoms with E-state index in [-0.39, 0.29) is 0 Å². The van der Waals surface area contributed by atoms with E-state index < -0.39 is 0 Å². The monoisotopic (exact) mass is 230 g/mol. The standard InChI is InChI=1S/C8H18O.C7H16/c1-5-9-7-6-8(2,3)4;1-5-6-7(2,3)4/h5-7H2,1-4H3;5-6H2,1-4H3. The minimum Gasteiger partial charge on any atom is -0.382 e. The molecule has 0 saturated carbocycles. The summed E-state index contributed by atoms with van der Waals surface area (Å²) in [5.41, 5.74) is 0.976. The summed E-state index contributed by atoms with van der Waals surface area (Å²) >= 11 is 0. The molecule has 1 nitrogen and oxygen atoms in total. The van der Waals surface area contributed by atoms with Gasteiger partial charge >= 0.3 is 0 Å². The Morgan fingerprint density at radius 3 is 1.38 bits per heavy atom. The summed E-state index contributed by atoms with van der Waals surface area (Å²) in [5, 5.41) is 0. The van der Waals surface area contributed by atoms with Crippen LogP contribution >= 0.6 is 0 Å². The van der Waals surface area contributed by atoms with Crippen LogP contribution in [0.25, 0.3) is 0 Å². The Labute approximate surface area is 104 Å². The molecule has 0 aromatic heterocycles. The normalized spacial score (nSPS) is 12.0. The molecule has 0 saturated heterocycles. The van der Waals surface area contributed by atoms with Crippen molar-refractivity contribution in [3.8, 4) is 0 Å². The lowest BCUT2D eigenvalue weighted by atomic mass is 9.91. The van der Waals surface area contributed by atoms with Crippen molar-refractivity contribution in [1.82, 2.24) is 0 Å². The Bertz CT molecular complexity index is 136. The number of ether oxygens (including phenoxy) is 1. The van der Waals surface area contributed by atoms with Gasteiger partial charge in [-0.15, -0.1) is 0 Å². The zero-order valence-electron chi connectivity index (χ0n) is 12.9. The topological polar surface area (TPSA) is 9.23 Å². The summed E-state index contributed by atoms with van der Waals surface area (Å²) in [7, 11) is 0. The summed E-state index contributed by atoms with van der Waals surface area (Å²) in [6.07, 6.45) is 3.80. The zero-order chi connectivity index (χ0) is 13.2. The van der Waals surface area contributed by atoms with Gasteiger partial charge < -0.3 is 4.74 Å². The lowest BCUT2D eigenvalue weighted by molar-refractivity contribution is 0.119. The quantitative estimate of drug-likeness (QED) is 0.596. The van der Waals surface area contributed by atoms with Crippen LogP contribution in [0, 0.1) is 10.8 Å². The Morgan fingerprint density at radius 2 is 1.19 bits per heavy atom. The molecule has 0 atom stereocenters. The van der Waals surface area contributed by atoms with Gasteiger partial charge in [-0.2, -0.15) is 0 Å². The van der Waals surface area contributed by atoms with Crippen molar-refractivity contribution < 1.29 is 4.74 Å². The van der Waals surface area contributed by atoms with Gasteiger partial charge in [0.25, 0.3) is 0 Å². The molecule has 0 aliphatic rings. The fourth-order valence-corrected chi connectivity index (χ4v) is 1.27. The molecule has 0 aromatic rings. The number of rotatable bonds is 4. The molecule has 0 aliphatic carbocycles. The molecule has 0 fully saturated rings. The zero-order valence-corrected chi connectivity index (χ0v) is 12.9. The van der Waals surface area contributed by atoms with E-state index in [9.17, 15) is 0 Å². The number of hydrogen-bond donors (Lipinski definition) is 0. The molecular weight excluding hydrogens is 196 g/mol. The first-order chi connectivity index (χ1) is 7.12. The van der Waals surface area contributed by atoms with Gasteiger partial charge in [-0.1, -0.05) is 54.9 Å². The van der Waals surface area contributed by atoms with Crippen LogP contribution in [0.1, 0.15) is 74.7 Å². The molecule has 16 heavy (non-hydrogen) atoms. The van der Waals surface area contributed by atoms with Crippen molar-refractivity contribution in [2.45, 2.75) is 74.7 Å². The molecule has 0 radical (unpaired) electrons. The molecular formula is C15H34O. The molecule has 1 heteroatoms. The average molecular weight is 230 g/mol. The molecule has 0 N–H and O–H groups in total. The van der Waals surface area contributed by atoms with E-state index in [0.717, 1.165) is 19.6 Å². The fourth-order valence-electron chi connectivity index (χ4n) is 1.27. The first-order valence-electron chi connectivity index (χ1n) is 6.70. The third kappa shape index (κ3) is 23.6. The molecule has 0 bridgehead atoms. The number of hydrogen-bond acceptors (Lipinski definition) is 1. The van der Waals surface area contributed by atoms with E-state index in [1.54, 1.807) is 0 Å². The van der Waals surface area contributed by atoms with E-state index in [4.69, 9.17) is 4.74 Å². The highest BCUT2D eigenvalue weighted by Gasteiger charge is 2.08. The Kier molecular flexibility index (Phi) is 10.4. The van der Waals surface area contributed by atoms with Gasteiger partial charge in [0.2, 0.25) is 0 Å². The predicted molar refractivity (Wildman–Crippen MR) is 74.9 cm³/mol. The highest BCUT2D eigenvalue weighted by atomic mass is 16.5. The summed E-state index contributed by atoms with van der Waals surface area (Å²) in [6.45, 7) is 19.5. The highest BCUT2D eigenvalue weighted by Crippen LogP contribution is 2.19. The first-order valence-corrected chi connectivity index (χ1v) is 6.70. The van der Waals surface area contributed by atoms with E-state index in [2.05, 4.69) is 48.5 Å². The fraction of sp³-hybridized carbons (Fsp3) is 1.00. The van der Waals surface area contributed by atoms with Crippen LogP contribution in [0.2, 0.25) is 0 Å². The molecule has 0 aromatic carbocycles. The van der Waals surface area contributed by atoms with Crippen LogP contribution in [0.15, 0.2) is 0 Å². The smallest absolute Gasteiger partial charge is 0.0470 e. The molecule has 0 spiro atoms. The van der Waals surface area contributed by atoms with Crippen LogP contribution in [0.3, 0.4) is 0 Å². The van der Waals surface area contributed by atoms with E-state index >= 15 is 0 Å². The van der Waals surface area contributed by atoms with E-state index in [1.807, 2.05) is 6.92 Å². The second-order valence-electron chi connectivity index (χ2n) is 6.82. The van der Waals surface area contributed by atoms with Crippen LogP contribution in [-0.2, 0) is 4.74 Å². The molecule has 0 heterocycles. The second kappa shape index (κ2) is 9.04. The van der Waals surface area contributed by atoms with Crippen LogP contribution in [0.4, 0.5) is 0 Å². The molecule has 0 unspecified atom stereocenters. The maximum absolute atomic E-state index is 5.21. The summed E-state index contributed by atoms with van der Waals surface area (Å²) in [5.74, 6) is 0. The highest BCUT2D eigenvalue weighted by molar-refractivity contribution is 4.59. The Hall–Kier alpha value is -0.0400. The maximum Gasteiger partial charge on any atom is 0.0470 e. The third-order valence-corrected chi connectivity index (χ3v) is 2.20. The molecule has 0 amide bonds. The minimum atomic E-state index is 0.426. The SMILES string of the molecule is CCCC(C)(C)C.CCOCCC(C)(C)C. The van der Waals surface area contributed by atoms with Gasteiger partial charge in [0.1, 0.15) is 0 Å². The lowest BCUT2D eigenvalue weighted by Gasteiger charge is -2.16. The molecule has 100 valence electrons. The predicted octanol–water partition coefficient (Wildman–Crippen LogP) is 5.29. The largest absolute Gasteiger partial charge is 0.382 e. The lowest BCUT2D eigenvalue weighted by Crippen LogP contribution is -2.09. The van der Waals surface area contributed by atoms with Gasteiger partial charge in [0, 0.05) is 13.2 Å². The van der Waals surface area contributed by atoms with Crippen molar-refractivity contribution in [2.75, 3.05) is 13.2 Å². The van der Waals surface area contributed by atoms with Gasteiger partial charge in [-0.3, -0.25) is 0 Å². The van der Waals surface area contributed by atoms with Gasteiger partial charge in [-0.25, -0.2) is 0 Å². The van der Waals surface area contributed by atoms with Crippen molar-refractivity contribution >= 4 is 0 Å². The Balaban J connectivity index is 0. The van der Waals surface area contributed by atoms with Gasteiger partial charge in [0.15, 0.2) is 0 Å². The molecule has 0 aliphatic heterocycles. The van der Waals surface area contributed by atoms with Crippen LogP contribution in [-0.4, -0.2) is 13.2 Å². The average Bonchev–Trinajstić information content (AvgIpc) is 2.01. The maximum atomic E-state index is 5.21. The van der Waals surface area contributed by atoms with E-state index in [1.165, 1.54) is 12.8 Å². The third-order valence-electron chi connectivity index (χ3n) is 2.20. The second-order valence-corrected chi connectivity index (χ2v) is 6.82. The van der Waals surface area contributed by atoms with Crippen molar-refractivity contribution in [2.24, 2.45) is 10.8 Å². The molecule has 0 rings (SSSR count). The van der Waals surface area contributed by atoms with Crippen molar-refractivity contribution in [3.05, 3.63) is 0 Å². The van der Waals surface area contributed by atoms with Crippen LogP contribution < -0.4 is 0 Å². The minimum absolute atomic E-state index is 0.426. The van der Waals surface area contributed by atoms with Gasteiger partial charge in [-0.05, 0) is 30.6 Å². The first kappa shape index (κ1) is 18.3.